The first-order valence-electron chi connectivity index (χ1n) is 7.68. The number of anilines is 1. The molecule has 3 heterocycles. The van der Waals surface area contributed by atoms with Gasteiger partial charge in [-0.05, 0) is 19.9 Å². The highest BCUT2D eigenvalue weighted by molar-refractivity contribution is 6.31. The van der Waals surface area contributed by atoms with Crippen LogP contribution in [0.2, 0.25) is 5.02 Å². The molecule has 120 valence electrons. The third-order valence-corrected chi connectivity index (χ3v) is 3.92. The Morgan fingerprint density at radius 3 is 2.74 bits per heavy atom. The lowest BCUT2D eigenvalue weighted by Crippen LogP contribution is -2.37. The van der Waals surface area contributed by atoms with Crippen LogP contribution in [0, 0.1) is 0 Å². The molecule has 3 rings (SSSR count). The summed E-state index contributed by atoms with van der Waals surface area (Å²) in [7, 11) is 0. The van der Waals surface area contributed by atoms with Crippen LogP contribution >= 0.6 is 11.6 Å². The van der Waals surface area contributed by atoms with Gasteiger partial charge in [0.05, 0.1) is 23.8 Å². The van der Waals surface area contributed by atoms with E-state index in [9.17, 15) is 0 Å². The lowest BCUT2D eigenvalue weighted by Gasteiger charge is -2.28. The molecule has 1 fully saturated rings. The number of hydrogen-bond donors (Lipinski definition) is 0. The summed E-state index contributed by atoms with van der Waals surface area (Å²) < 4.78 is 5.44. The largest absolute Gasteiger partial charge is 0.378 e. The van der Waals surface area contributed by atoms with E-state index in [1.807, 2.05) is 38.1 Å². The van der Waals surface area contributed by atoms with Crippen LogP contribution in [0.5, 0.6) is 0 Å². The molecule has 0 saturated carbocycles. The van der Waals surface area contributed by atoms with Crippen LogP contribution in [-0.2, 0) is 4.74 Å². The number of morpholine rings is 1. The molecule has 6 heteroatoms. The number of allylic oxidation sites excluding steroid dienone is 4. The van der Waals surface area contributed by atoms with E-state index < -0.39 is 0 Å². The Bertz CT molecular complexity index is 767. The maximum atomic E-state index is 6.10. The van der Waals surface area contributed by atoms with Crippen molar-refractivity contribution in [3.63, 3.8) is 0 Å². The molecule has 0 N–H and O–H groups in total. The van der Waals surface area contributed by atoms with Crippen LogP contribution in [-0.4, -0.2) is 41.3 Å². The predicted molar refractivity (Wildman–Crippen MR) is 93.8 cm³/mol. The quantitative estimate of drug-likeness (QED) is 0.806. The number of pyridine rings is 1. The number of hydrogen-bond acceptors (Lipinski definition) is 5. The molecule has 2 aromatic rings. The van der Waals surface area contributed by atoms with E-state index in [1.54, 1.807) is 6.20 Å². The van der Waals surface area contributed by atoms with Gasteiger partial charge in [0.2, 0.25) is 0 Å². The van der Waals surface area contributed by atoms with Crippen LogP contribution in [0.15, 0.2) is 30.5 Å². The lowest BCUT2D eigenvalue weighted by atomic mass is 10.2. The van der Waals surface area contributed by atoms with Crippen LogP contribution in [0.1, 0.15) is 19.7 Å². The van der Waals surface area contributed by atoms with Crippen LogP contribution in [0.4, 0.5) is 5.82 Å². The number of halogens is 1. The molecule has 2 aromatic heterocycles. The van der Waals surface area contributed by atoms with Gasteiger partial charge in [0.1, 0.15) is 5.52 Å². The Kier molecular flexibility index (Phi) is 4.88. The van der Waals surface area contributed by atoms with E-state index >= 15 is 0 Å². The third-order valence-electron chi connectivity index (χ3n) is 3.71. The molecule has 0 radical (unpaired) electrons. The van der Waals surface area contributed by atoms with Crippen LogP contribution < -0.4 is 4.90 Å². The van der Waals surface area contributed by atoms with E-state index in [0.29, 0.717) is 24.1 Å². The van der Waals surface area contributed by atoms with Crippen molar-refractivity contribution in [3.8, 4) is 0 Å². The van der Waals surface area contributed by atoms with E-state index in [-0.39, 0.29) is 0 Å². The van der Waals surface area contributed by atoms with Crippen molar-refractivity contribution in [1.29, 1.82) is 0 Å². The Labute approximate surface area is 140 Å². The van der Waals surface area contributed by atoms with Gasteiger partial charge in [0.15, 0.2) is 11.6 Å². The number of aromatic nitrogens is 3. The maximum Gasteiger partial charge on any atom is 0.161 e. The molecule has 1 saturated heterocycles. The summed E-state index contributed by atoms with van der Waals surface area (Å²) >= 11 is 6.10. The first-order valence-corrected chi connectivity index (χ1v) is 8.06. The first kappa shape index (κ1) is 15.9. The summed E-state index contributed by atoms with van der Waals surface area (Å²) in [6.45, 7) is 6.94. The first-order chi connectivity index (χ1) is 11.2. The Hall–Kier alpha value is -1.98. The molecule has 1 aliphatic heterocycles. The molecule has 0 amide bonds. The molecule has 1 aliphatic rings. The molecule has 5 nitrogen and oxygen atoms in total. The summed E-state index contributed by atoms with van der Waals surface area (Å²) in [5.74, 6) is 1.53. The standard InChI is InChI=1S/C17H19ClN4O/c1-3-5-12(4-2)16-20-14-10-13(18)11-19-15(14)17(21-16)22-6-8-23-9-7-22/h3-5,10-11H,6-9H2,1-2H3/b5-3-,12-4+. The number of ether oxygens (including phenoxy) is 1. The third kappa shape index (κ3) is 3.35. The van der Waals surface area contributed by atoms with Crippen molar-refractivity contribution >= 4 is 34.0 Å². The Morgan fingerprint density at radius 2 is 2.04 bits per heavy atom. The van der Waals surface area contributed by atoms with Gasteiger partial charge in [-0.25, -0.2) is 15.0 Å². The second kappa shape index (κ2) is 7.06. The zero-order valence-corrected chi connectivity index (χ0v) is 14.0. The number of fused-ring (bicyclic) bond motifs is 1. The van der Waals surface area contributed by atoms with Crippen molar-refractivity contribution in [2.24, 2.45) is 0 Å². The molecule has 0 aromatic carbocycles. The second-order valence-electron chi connectivity index (χ2n) is 5.24. The molecule has 0 bridgehead atoms. The van der Waals surface area contributed by atoms with Gasteiger partial charge in [-0.3, -0.25) is 0 Å². The molecule has 0 atom stereocenters. The minimum atomic E-state index is 0.572. The highest BCUT2D eigenvalue weighted by Crippen LogP contribution is 2.27. The molecule has 0 unspecified atom stereocenters. The molecule has 0 aliphatic carbocycles. The van der Waals surface area contributed by atoms with Gasteiger partial charge < -0.3 is 9.64 Å². The average Bonchev–Trinajstić information content (AvgIpc) is 2.59. The van der Waals surface area contributed by atoms with E-state index in [2.05, 4.69) is 14.9 Å². The van der Waals surface area contributed by atoms with Crippen LogP contribution in [0.25, 0.3) is 16.6 Å². The molecular weight excluding hydrogens is 312 g/mol. The monoisotopic (exact) mass is 330 g/mol. The Morgan fingerprint density at radius 1 is 1.26 bits per heavy atom. The zero-order valence-electron chi connectivity index (χ0n) is 13.3. The molecule has 23 heavy (non-hydrogen) atoms. The predicted octanol–water partition coefficient (Wildman–Crippen LogP) is 3.49. The highest BCUT2D eigenvalue weighted by Gasteiger charge is 2.19. The Balaban J connectivity index is 2.19. The smallest absolute Gasteiger partial charge is 0.161 e. The summed E-state index contributed by atoms with van der Waals surface area (Å²) in [6.07, 6.45) is 7.62. The topological polar surface area (TPSA) is 51.1 Å². The van der Waals surface area contributed by atoms with Gasteiger partial charge in [0.25, 0.3) is 0 Å². The van der Waals surface area contributed by atoms with Crippen molar-refractivity contribution in [2.45, 2.75) is 13.8 Å². The normalized spacial score (nSPS) is 16.5. The second-order valence-corrected chi connectivity index (χ2v) is 5.67. The maximum absolute atomic E-state index is 6.10. The van der Waals surface area contributed by atoms with Crippen molar-refractivity contribution in [2.75, 3.05) is 31.2 Å². The minimum Gasteiger partial charge on any atom is -0.378 e. The van der Waals surface area contributed by atoms with Gasteiger partial charge in [0, 0.05) is 24.9 Å². The van der Waals surface area contributed by atoms with E-state index in [0.717, 1.165) is 35.5 Å². The SMILES string of the molecule is C/C=C\C(=C/C)c1nc(N2CCOCC2)c2ncc(Cl)cc2n1. The molecule has 0 spiro atoms. The fourth-order valence-corrected chi connectivity index (χ4v) is 2.73. The van der Waals surface area contributed by atoms with Gasteiger partial charge in [-0.1, -0.05) is 29.8 Å². The lowest BCUT2D eigenvalue weighted by molar-refractivity contribution is 0.122. The molecular formula is C17H19ClN4O. The average molecular weight is 331 g/mol. The fourth-order valence-electron chi connectivity index (χ4n) is 2.58. The number of rotatable bonds is 3. The van der Waals surface area contributed by atoms with Crippen molar-refractivity contribution in [1.82, 2.24) is 15.0 Å². The van der Waals surface area contributed by atoms with Crippen molar-refractivity contribution < 1.29 is 4.74 Å². The summed E-state index contributed by atoms with van der Waals surface area (Å²) in [6, 6.07) is 1.84. The highest BCUT2D eigenvalue weighted by atomic mass is 35.5. The zero-order chi connectivity index (χ0) is 16.2. The van der Waals surface area contributed by atoms with Gasteiger partial charge >= 0.3 is 0 Å². The number of nitrogens with zero attached hydrogens (tertiary/aromatic N) is 4. The van der Waals surface area contributed by atoms with E-state index in [1.165, 1.54) is 0 Å². The van der Waals surface area contributed by atoms with Crippen LogP contribution in [0.3, 0.4) is 0 Å². The van der Waals surface area contributed by atoms with E-state index in [4.69, 9.17) is 21.3 Å². The van der Waals surface area contributed by atoms with Crippen molar-refractivity contribution in [3.05, 3.63) is 41.3 Å². The summed E-state index contributed by atoms with van der Waals surface area (Å²) in [5, 5.41) is 0.572. The van der Waals surface area contributed by atoms with Gasteiger partial charge in [-0.15, -0.1) is 0 Å². The summed E-state index contributed by atoms with van der Waals surface area (Å²) in [4.78, 5) is 16.1. The fraction of sp³-hybridized carbons (Fsp3) is 0.353. The summed E-state index contributed by atoms with van der Waals surface area (Å²) in [5.41, 5.74) is 2.51. The van der Waals surface area contributed by atoms with Gasteiger partial charge in [-0.2, -0.15) is 0 Å². The minimum absolute atomic E-state index is 0.572.